The molecule has 2 atom stereocenters. The van der Waals surface area contributed by atoms with Gasteiger partial charge in [-0.3, -0.25) is 9.59 Å². The average Bonchev–Trinajstić information content (AvgIpc) is 3.02. The monoisotopic (exact) mass is 359 g/mol. The van der Waals surface area contributed by atoms with Crippen LogP contribution in [0.5, 0.6) is 5.75 Å². The second-order valence-corrected chi connectivity index (χ2v) is 5.71. The number of rotatable bonds is 4. The molecule has 0 radical (unpaired) electrons. The third kappa shape index (κ3) is 3.71. The molecule has 1 saturated heterocycles. The summed E-state index contributed by atoms with van der Waals surface area (Å²) < 4.78 is 67.2. The number of thiophene rings is 1. The van der Waals surface area contributed by atoms with E-state index < -0.39 is 55.3 Å². The second-order valence-electron chi connectivity index (χ2n) is 4.80. The van der Waals surface area contributed by atoms with Crippen LogP contribution in [-0.4, -0.2) is 47.8 Å². The van der Waals surface area contributed by atoms with Crippen molar-refractivity contribution in [2.75, 3.05) is 13.1 Å². The van der Waals surface area contributed by atoms with E-state index in [0.717, 1.165) is 17.4 Å². The van der Waals surface area contributed by atoms with Crippen LogP contribution in [0.3, 0.4) is 0 Å². The van der Waals surface area contributed by atoms with Gasteiger partial charge in [-0.15, -0.1) is 11.3 Å². The largest absolute Gasteiger partial charge is 0.481 e. The van der Waals surface area contributed by atoms with Crippen LogP contribution < -0.4 is 4.74 Å². The second kappa shape index (κ2) is 6.30. The average molecular weight is 359 g/mol. The minimum atomic E-state index is -4.78. The van der Waals surface area contributed by atoms with Crippen molar-refractivity contribution in [2.45, 2.75) is 12.8 Å². The van der Waals surface area contributed by atoms with Crippen molar-refractivity contribution in [3.8, 4) is 5.75 Å². The molecule has 1 aromatic heterocycles. The highest BCUT2D eigenvalue weighted by atomic mass is 32.1. The van der Waals surface area contributed by atoms with Crippen molar-refractivity contribution >= 4 is 23.2 Å². The number of ether oxygens (including phenoxy) is 1. The standard InChI is InChI=1S/C12H10F5NO4S/c13-11(14)22-7-1-2-23-8(7)9(19)18-3-5(10(20)21)6(4-18)12(15,16)17/h1-2,5-6,11H,3-4H2,(H,20,21)/t5-,6-/m1/s1. The molecule has 0 saturated carbocycles. The quantitative estimate of drug-likeness (QED) is 0.840. The lowest BCUT2D eigenvalue weighted by Crippen LogP contribution is -2.34. The number of carbonyl (C=O) groups excluding carboxylic acids is 1. The fourth-order valence-electron chi connectivity index (χ4n) is 2.34. The van der Waals surface area contributed by atoms with Gasteiger partial charge >= 0.3 is 18.8 Å². The Morgan fingerprint density at radius 3 is 2.48 bits per heavy atom. The molecule has 1 amide bonds. The van der Waals surface area contributed by atoms with Crippen molar-refractivity contribution in [1.82, 2.24) is 4.90 Å². The molecule has 0 spiro atoms. The van der Waals surface area contributed by atoms with E-state index in [1.807, 2.05) is 0 Å². The van der Waals surface area contributed by atoms with E-state index >= 15 is 0 Å². The molecule has 0 unspecified atom stereocenters. The van der Waals surface area contributed by atoms with Gasteiger partial charge in [0.1, 0.15) is 10.6 Å². The summed E-state index contributed by atoms with van der Waals surface area (Å²) in [4.78, 5) is 23.6. The Bertz CT molecular complexity index is 603. The van der Waals surface area contributed by atoms with Crippen LogP contribution in [0.25, 0.3) is 0 Å². The molecule has 0 bridgehead atoms. The molecule has 0 aliphatic carbocycles. The van der Waals surface area contributed by atoms with Crippen molar-refractivity contribution in [1.29, 1.82) is 0 Å². The van der Waals surface area contributed by atoms with Crippen LogP contribution in [0.2, 0.25) is 0 Å². The third-order valence-electron chi connectivity index (χ3n) is 3.38. The predicted octanol–water partition coefficient (Wildman–Crippen LogP) is 2.68. The Balaban J connectivity index is 2.21. The lowest BCUT2D eigenvalue weighted by atomic mass is 9.96. The van der Waals surface area contributed by atoms with Gasteiger partial charge in [0, 0.05) is 13.1 Å². The van der Waals surface area contributed by atoms with Crippen LogP contribution in [0.4, 0.5) is 22.0 Å². The maximum absolute atomic E-state index is 12.9. The Kier molecular flexibility index (Phi) is 4.78. The smallest absolute Gasteiger partial charge is 0.394 e. The van der Waals surface area contributed by atoms with Gasteiger partial charge in [0.25, 0.3) is 5.91 Å². The lowest BCUT2D eigenvalue weighted by molar-refractivity contribution is -0.187. The Morgan fingerprint density at radius 1 is 1.35 bits per heavy atom. The van der Waals surface area contributed by atoms with Crippen LogP contribution in [0.1, 0.15) is 9.67 Å². The zero-order valence-corrected chi connectivity index (χ0v) is 12.0. The number of nitrogens with zero attached hydrogens (tertiary/aromatic N) is 1. The molecule has 2 heterocycles. The summed E-state index contributed by atoms with van der Waals surface area (Å²) >= 11 is 0.727. The van der Waals surface area contributed by atoms with Crippen molar-refractivity contribution in [3.05, 3.63) is 16.3 Å². The molecular weight excluding hydrogens is 349 g/mol. The number of halogens is 5. The SMILES string of the molecule is O=C(O)[C@@H]1CN(C(=O)c2sccc2OC(F)F)C[C@H]1C(F)(F)F. The van der Waals surface area contributed by atoms with Crippen LogP contribution >= 0.6 is 11.3 Å². The number of hydrogen-bond acceptors (Lipinski definition) is 4. The summed E-state index contributed by atoms with van der Waals surface area (Å²) in [6.45, 7) is -4.68. The van der Waals surface area contributed by atoms with Gasteiger partial charge in [0.05, 0.1) is 11.8 Å². The molecule has 128 valence electrons. The van der Waals surface area contributed by atoms with E-state index in [4.69, 9.17) is 5.11 Å². The highest BCUT2D eigenvalue weighted by molar-refractivity contribution is 7.12. The zero-order valence-electron chi connectivity index (χ0n) is 11.2. The van der Waals surface area contributed by atoms with Gasteiger partial charge in [-0.1, -0.05) is 0 Å². The number of carbonyl (C=O) groups is 2. The first-order chi connectivity index (χ1) is 10.6. The van der Waals surface area contributed by atoms with E-state index in [1.54, 1.807) is 0 Å². The molecule has 1 aliphatic rings. The summed E-state index contributed by atoms with van der Waals surface area (Å²) in [6, 6.07) is 1.09. The molecule has 2 rings (SSSR count). The van der Waals surface area contributed by atoms with E-state index in [1.165, 1.54) is 5.38 Å². The summed E-state index contributed by atoms with van der Waals surface area (Å²) in [5.74, 6) is -7.08. The van der Waals surface area contributed by atoms with Gasteiger partial charge in [0.2, 0.25) is 0 Å². The van der Waals surface area contributed by atoms with Gasteiger partial charge in [-0.05, 0) is 11.4 Å². The van der Waals surface area contributed by atoms with Crippen LogP contribution in [0, 0.1) is 11.8 Å². The Morgan fingerprint density at radius 2 is 2.00 bits per heavy atom. The van der Waals surface area contributed by atoms with Crippen LogP contribution in [-0.2, 0) is 4.79 Å². The molecule has 11 heteroatoms. The van der Waals surface area contributed by atoms with Crippen molar-refractivity contribution in [2.24, 2.45) is 11.8 Å². The number of hydrogen-bond donors (Lipinski definition) is 1. The first-order valence-corrected chi connectivity index (χ1v) is 7.10. The van der Waals surface area contributed by atoms with Gasteiger partial charge in [-0.2, -0.15) is 22.0 Å². The van der Waals surface area contributed by atoms with Crippen LogP contribution in [0.15, 0.2) is 11.4 Å². The van der Waals surface area contributed by atoms with Crippen molar-refractivity contribution < 1.29 is 41.4 Å². The van der Waals surface area contributed by atoms with E-state index in [9.17, 15) is 31.5 Å². The predicted molar refractivity (Wildman–Crippen MR) is 67.5 cm³/mol. The van der Waals surface area contributed by atoms with Crippen molar-refractivity contribution in [3.63, 3.8) is 0 Å². The van der Waals surface area contributed by atoms with Gasteiger partial charge in [0.15, 0.2) is 0 Å². The van der Waals surface area contributed by atoms with Gasteiger partial charge in [-0.25, -0.2) is 0 Å². The summed E-state index contributed by atoms with van der Waals surface area (Å²) in [7, 11) is 0. The Labute approximate surface area is 130 Å². The molecular formula is C12H10F5NO4S. The molecule has 1 aliphatic heterocycles. The number of carboxylic acids is 1. The summed E-state index contributed by atoms with van der Waals surface area (Å²) in [5, 5.41) is 10.2. The number of likely N-dealkylation sites (tertiary alicyclic amines) is 1. The normalized spacial score (nSPS) is 21.7. The Hall–Kier alpha value is -1.91. The summed E-state index contributed by atoms with van der Waals surface area (Å²) in [5.41, 5.74) is 0. The minimum Gasteiger partial charge on any atom is -0.481 e. The highest BCUT2D eigenvalue weighted by Crippen LogP contribution is 2.39. The maximum atomic E-state index is 12.9. The zero-order chi connectivity index (χ0) is 17.4. The molecule has 23 heavy (non-hydrogen) atoms. The first-order valence-electron chi connectivity index (χ1n) is 6.22. The summed E-state index contributed by atoms with van der Waals surface area (Å²) in [6.07, 6.45) is -4.78. The fraction of sp³-hybridized carbons (Fsp3) is 0.500. The molecule has 1 N–H and O–H groups in total. The lowest BCUT2D eigenvalue weighted by Gasteiger charge is -2.18. The van der Waals surface area contributed by atoms with E-state index in [-0.39, 0.29) is 4.88 Å². The fourth-order valence-corrected chi connectivity index (χ4v) is 3.13. The molecule has 1 fully saturated rings. The first kappa shape index (κ1) is 17.4. The molecule has 1 aromatic rings. The highest BCUT2D eigenvalue weighted by Gasteiger charge is 2.53. The minimum absolute atomic E-state index is 0.294. The van der Waals surface area contributed by atoms with E-state index in [0.29, 0.717) is 4.90 Å². The number of carboxylic acid groups (broad SMARTS) is 1. The topological polar surface area (TPSA) is 66.8 Å². The van der Waals surface area contributed by atoms with Gasteiger partial charge < -0.3 is 14.7 Å². The maximum Gasteiger partial charge on any atom is 0.394 e. The molecule has 0 aromatic carbocycles. The molecule has 5 nitrogen and oxygen atoms in total. The number of aliphatic carboxylic acids is 1. The number of alkyl halides is 5. The number of amides is 1. The third-order valence-corrected chi connectivity index (χ3v) is 4.27. The van der Waals surface area contributed by atoms with E-state index in [2.05, 4.69) is 4.74 Å².